The van der Waals surface area contributed by atoms with Gasteiger partial charge in [-0.05, 0) is 31.4 Å². The van der Waals surface area contributed by atoms with Gasteiger partial charge in [0.15, 0.2) is 12.4 Å². The molecule has 28 heavy (non-hydrogen) atoms. The zero-order valence-electron chi connectivity index (χ0n) is 15.7. The Kier molecular flexibility index (Phi) is 6.36. The number of ether oxygens (including phenoxy) is 1. The smallest absolute Gasteiger partial charge is 0.342 e. The molecule has 0 spiro atoms. The minimum absolute atomic E-state index is 0.0971. The lowest BCUT2D eigenvalue weighted by Gasteiger charge is -2.12. The molecule has 3 amide bonds. The van der Waals surface area contributed by atoms with E-state index in [-0.39, 0.29) is 11.6 Å². The van der Waals surface area contributed by atoms with Crippen molar-refractivity contribution in [2.24, 2.45) is 0 Å². The Bertz CT molecular complexity index is 843. The van der Waals surface area contributed by atoms with Crippen LogP contribution in [0.15, 0.2) is 30.6 Å². The summed E-state index contributed by atoms with van der Waals surface area (Å²) in [5.74, 6) is -0.774. The van der Waals surface area contributed by atoms with E-state index in [9.17, 15) is 14.4 Å². The normalized spacial score (nSPS) is 13.9. The summed E-state index contributed by atoms with van der Waals surface area (Å²) >= 11 is 0. The summed E-state index contributed by atoms with van der Waals surface area (Å²) in [6.07, 6.45) is 7.52. The molecule has 0 radical (unpaired) electrons. The molecular formula is C19H23N5O4. The molecule has 1 saturated carbocycles. The van der Waals surface area contributed by atoms with Gasteiger partial charge >= 0.3 is 12.0 Å². The lowest BCUT2D eigenvalue weighted by Crippen LogP contribution is -2.45. The predicted molar refractivity (Wildman–Crippen MR) is 99.9 cm³/mol. The van der Waals surface area contributed by atoms with Crippen molar-refractivity contribution in [3.05, 3.63) is 41.9 Å². The third-order valence-electron chi connectivity index (χ3n) is 4.57. The molecule has 1 aliphatic rings. The maximum Gasteiger partial charge on any atom is 0.342 e. The van der Waals surface area contributed by atoms with Crippen molar-refractivity contribution in [1.82, 2.24) is 25.4 Å². The van der Waals surface area contributed by atoms with E-state index in [1.807, 2.05) is 13.0 Å². The molecule has 0 bridgehead atoms. The van der Waals surface area contributed by atoms with Crippen LogP contribution in [0.4, 0.5) is 4.79 Å². The van der Waals surface area contributed by atoms with Crippen molar-refractivity contribution in [2.45, 2.75) is 45.1 Å². The predicted octanol–water partition coefficient (Wildman–Crippen LogP) is 1.75. The first-order valence-electron chi connectivity index (χ1n) is 9.34. The summed E-state index contributed by atoms with van der Waals surface area (Å²) in [6, 6.07) is 4.92. The second kappa shape index (κ2) is 9.12. The molecule has 2 aromatic heterocycles. The quantitative estimate of drug-likeness (QED) is 0.732. The Labute approximate surface area is 162 Å². The van der Waals surface area contributed by atoms with Gasteiger partial charge in [-0.15, -0.1) is 0 Å². The van der Waals surface area contributed by atoms with Crippen molar-refractivity contribution >= 4 is 17.9 Å². The zero-order valence-corrected chi connectivity index (χ0v) is 15.7. The lowest BCUT2D eigenvalue weighted by molar-refractivity contribution is -0.123. The summed E-state index contributed by atoms with van der Waals surface area (Å²) in [7, 11) is 0. The molecule has 9 heteroatoms. The van der Waals surface area contributed by atoms with Crippen LogP contribution in [0.1, 0.15) is 48.7 Å². The van der Waals surface area contributed by atoms with Gasteiger partial charge in [-0.3, -0.25) is 10.1 Å². The lowest BCUT2D eigenvalue weighted by atomic mass is 10.2. The Balaban J connectivity index is 1.55. The molecule has 2 aromatic rings. The Morgan fingerprint density at radius 1 is 1.25 bits per heavy atom. The van der Waals surface area contributed by atoms with E-state index >= 15 is 0 Å². The summed E-state index contributed by atoms with van der Waals surface area (Å²) in [4.78, 5) is 40.2. The van der Waals surface area contributed by atoms with Gasteiger partial charge in [0.2, 0.25) is 0 Å². The number of urea groups is 1. The highest BCUT2D eigenvalue weighted by molar-refractivity contribution is 5.97. The number of esters is 1. The fourth-order valence-corrected chi connectivity index (χ4v) is 3.22. The molecule has 0 saturated heterocycles. The average Bonchev–Trinajstić information content (AvgIpc) is 3.36. The van der Waals surface area contributed by atoms with Crippen LogP contribution < -0.4 is 10.6 Å². The van der Waals surface area contributed by atoms with Crippen LogP contribution >= 0.6 is 0 Å². The van der Waals surface area contributed by atoms with Crippen LogP contribution in [0, 0.1) is 0 Å². The van der Waals surface area contributed by atoms with Crippen LogP contribution in [0.25, 0.3) is 5.82 Å². The Hall–Kier alpha value is -3.23. The van der Waals surface area contributed by atoms with Crippen LogP contribution in [0.3, 0.4) is 0 Å². The highest BCUT2D eigenvalue weighted by atomic mass is 16.5. The van der Waals surface area contributed by atoms with Crippen LogP contribution in [0.2, 0.25) is 0 Å². The largest absolute Gasteiger partial charge is 0.452 e. The van der Waals surface area contributed by atoms with E-state index in [1.165, 1.54) is 6.20 Å². The monoisotopic (exact) mass is 385 g/mol. The molecule has 0 aromatic carbocycles. The number of pyridine rings is 1. The molecule has 3 rings (SSSR count). The van der Waals surface area contributed by atoms with Gasteiger partial charge in [0.25, 0.3) is 5.91 Å². The van der Waals surface area contributed by atoms with Crippen molar-refractivity contribution in [1.29, 1.82) is 0 Å². The number of carbonyl (C=O) groups is 3. The number of hydrogen-bond acceptors (Lipinski definition) is 6. The number of hydrogen-bond donors (Lipinski definition) is 2. The van der Waals surface area contributed by atoms with E-state index in [2.05, 4.69) is 20.7 Å². The SMILES string of the molecule is CCc1c(C(=O)OCC(=O)NC(=O)NC2CCCC2)cnn1-c1ccccn1. The van der Waals surface area contributed by atoms with Gasteiger partial charge in [-0.25, -0.2) is 19.3 Å². The topological polar surface area (TPSA) is 115 Å². The van der Waals surface area contributed by atoms with E-state index in [1.54, 1.807) is 23.0 Å². The van der Waals surface area contributed by atoms with E-state index < -0.39 is 24.5 Å². The second-order valence-electron chi connectivity index (χ2n) is 6.54. The molecule has 1 aliphatic carbocycles. The third-order valence-corrected chi connectivity index (χ3v) is 4.57. The van der Waals surface area contributed by atoms with Crippen molar-refractivity contribution in [3.8, 4) is 5.82 Å². The summed E-state index contributed by atoms with van der Waals surface area (Å²) in [6.45, 7) is 1.34. The van der Waals surface area contributed by atoms with Crippen LogP contribution in [0.5, 0.6) is 0 Å². The van der Waals surface area contributed by atoms with E-state index in [4.69, 9.17) is 4.74 Å². The number of amides is 3. The van der Waals surface area contributed by atoms with Crippen molar-refractivity contribution in [2.75, 3.05) is 6.61 Å². The van der Waals surface area contributed by atoms with E-state index in [0.717, 1.165) is 25.7 Å². The summed E-state index contributed by atoms with van der Waals surface area (Å²) < 4.78 is 6.61. The van der Waals surface area contributed by atoms with Crippen LogP contribution in [-0.2, 0) is 16.0 Å². The molecule has 1 fully saturated rings. The minimum atomic E-state index is -0.681. The number of imide groups is 1. The highest BCUT2D eigenvalue weighted by Crippen LogP contribution is 2.17. The second-order valence-corrected chi connectivity index (χ2v) is 6.54. The average molecular weight is 385 g/mol. The zero-order chi connectivity index (χ0) is 19.9. The molecule has 148 valence electrons. The molecule has 9 nitrogen and oxygen atoms in total. The number of nitrogens with one attached hydrogen (secondary N) is 2. The summed E-state index contributed by atoms with van der Waals surface area (Å²) in [5.41, 5.74) is 0.888. The van der Waals surface area contributed by atoms with Crippen LogP contribution in [-0.4, -0.2) is 45.3 Å². The fraction of sp³-hybridized carbons (Fsp3) is 0.421. The van der Waals surface area contributed by atoms with Gasteiger partial charge in [-0.2, -0.15) is 5.10 Å². The van der Waals surface area contributed by atoms with Gasteiger partial charge in [0, 0.05) is 12.2 Å². The van der Waals surface area contributed by atoms with Gasteiger partial charge in [0.05, 0.1) is 11.9 Å². The number of aromatic nitrogens is 3. The molecule has 2 N–H and O–H groups in total. The molecule has 0 unspecified atom stereocenters. The first-order chi connectivity index (χ1) is 13.6. The van der Waals surface area contributed by atoms with Crippen molar-refractivity contribution < 1.29 is 19.1 Å². The van der Waals surface area contributed by atoms with Gasteiger partial charge < -0.3 is 10.1 Å². The molecule has 0 atom stereocenters. The minimum Gasteiger partial charge on any atom is -0.452 e. The Morgan fingerprint density at radius 2 is 2.04 bits per heavy atom. The van der Waals surface area contributed by atoms with Gasteiger partial charge in [-0.1, -0.05) is 25.8 Å². The number of nitrogens with zero attached hydrogens (tertiary/aromatic N) is 3. The van der Waals surface area contributed by atoms with Crippen molar-refractivity contribution in [3.63, 3.8) is 0 Å². The first-order valence-corrected chi connectivity index (χ1v) is 9.34. The third kappa shape index (κ3) is 4.73. The summed E-state index contributed by atoms with van der Waals surface area (Å²) in [5, 5.41) is 9.11. The first kappa shape index (κ1) is 19.5. The number of carbonyl (C=O) groups excluding carboxylic acids is 3. The van der Waals surface area contributed by atoms with E-state index in [0.29, 0.717) is 17.9 Å². The molecule has 0 aliphatic heterocycles. The number of rotatable bonds is 6. The Morgan fingerprint density at radius 3 is 2.71 bits per heavy atom. The van der Waals surface area contributed by atoms with Gasteiger partial charge in [0.1, 0.15) is 5.56 Å². The molecular weight excluding hydrogens is 362 g/mol. The molecule has 2 heterocycles. The highest BCUT2D eigenvalue weighted by Gasteiger charge is 2.21. The maximum atomic E-state index is 12.4. The fourth-order valence-electron chi connectivity index (χ4n) is 3.22. The maximum absolute atomic E-state index is 12.4. The standard InChI is InChI=1S/C19H23N5O4/c1-2-15-14(11-21-24(15)16-9-5-6-10-20-16)18(26)28-12-17(25)23-19(27)22-13-7-3-4-8-13/h5-6,9-11,13H,2-4,7-8,12H2,1H3,(H2,22,23,25,27).